The Balaban J connectivity index is 2.44. The summed E-state index contributed by atoms with van der Waals surface area (Å²) in [6, 6.07) is 3.35. The Labute approximate surface area is 108 Å². The van der Waals surface area contributed by atoms with Crippen molar-refractivity contribution in [3.8, 4) is 11.4 Å². The van der Waals surface area contributed by atoms with Gasteiger partial charge < -0.3 is 5.11 Å². The molecule has 8 heteroatoms. The molecule has 0 amide bonds. The lowest BCUT2D eigenvalue weighted by Gasteiger charge is -2.07. The van der Waals surface area contributed by atoms with Gasteiger partial charge in [-0.2, -0.15) is 4.98 Å². The third-order valence-electron chi connectivity index (χ3n) is 2.19. The molecule has 96 valence electrons. The van der Waals surface area contributed by atoms with Crippen molar-refractivity contribution in [2.45, 2.75) is 19.6 Å². The van der Waals surface area contributed by atoms with Crippen LogP contribution in [0, 0.1) is 0 Å². The van der Waals surface area contributed by atoms with E-state index in [0.717, 1.165) is 0 Å². The summed E-state index contributed by atoms with van der Waals surface area (Å²) in [5.41, 5.74) is 2.57. The molecule has 0 aliphatic rings. The highest BCUT2D eigenvalue weighted by molar-refractivity contribution is 6.29. The number of aromatic nitrogens is 4. The number of nitrogens with one attached hydrogen (secondary N) is 1. The van der Waals surface area contributed by atoms with E-state index in [2.05, 4.69) is 15.1 Å². The Morgan fingerprint density at radius 1 is 1.56 bits per heavy atom. The summed E-state index contributed by atoms with van der Waals surface area (Å²) in [7, 11) is 0. The Hall–Kier alpha value is -1.70. The predicted octanol–water partition coefficient (Wildman–Crippen LogP) is 1.18. The topological polar surface area (TPSA) is 96.1 Å². The third-order valence-corrected chi connectivity index (χ3v) is 2.40. The standard InChI is InChI=1S/C10H12ClN5O2/c1-6(17)5-16-9(13-10(14-16)15-18)7-2-3-12-8(11)4-7/h2-4,6,17-18H,5H2,1H3,(H,14,15). The molecule has 18 heavy (non-hydrogen) atoms. The van der Waals surface area contributed by atoms with E-state index >= 15 is 0 Å². The van der Waals surface area contributed by atoms with Crippen LogP contribution >= 0.6 is 11.6 Å². The first-order valence-corrected chi connectivity index (χ1v) is 5.63. The van der Waals surface area contributed by atoms with E-state index in [1.807, 2.05) is 5.48 Å². The molecular formula is C10H12ClN5O2. The van der Waals surface area contributed by atoms with Gasteiger partial charge >= 0.3 is 0 Å². The second kappa shape index (κ2) is 5.30. The second-order valence-corrected chi connectivity index (χ2v) is 4.16. The summed E-state index contributed by atoms with van der Waals surface area (Å²) in [5.74, 6) is 0.537. The highest BCUT2D eigenvalue weighted by Gasteiger charge is 2.13. The molecular weight excluding hydrogens is 258 g/mol. The van der Waals surface area contributed by atoms with Crippen molar-refractivity contribution in [3.63, 3.8) is 0 Å². The summed E-state index contributed by atoms with van der Waals surface area (Å²) in [6.45, 7) is 1.89. The fourth-order valence-electron chi connectivity index (χ4n) is 1.52. The summed E-state index contributed by atoms with van der Waals surface area (Å²) in [6.07, 6.45) is 0.958. The Bertz CT molecular complexity index is 543. The van der Waals surface area contributed by atoms with Crippen molar-refractivity contribution in [1.29, 1.82) is 0 Å². The maximum atomic E-state index is 9.40. The molecule has 0 saturated carbocycles. The van der Waals surface area contributed by atoms with Crippen molar-refractivity contribution in [3.05, 3.63) is 23.5 Å². The average Bonchev–Trinajstić information content (AvgIpc) is 2.71. The molecule has 0 aliphatic heterocycles. The highest BCUT2D eigenvalue weighted by Crippen LogP contribution is 2.21. The van der Waals surface area contributed by atoms with Gasteiger partial charge in [-0.1, -0.05) is 11.6 Å². The van der Waals surface area contributed by atoms with Crippen LogP contribution in [0.1, 0.15) is 6.92 Å². The van der Waals surface area contributed by atoms with Crippen LogP contribution in [0.15, 0.2) is 18.3 Å². The van der Waals surface area contributed by atoms with E-state index < -0.39 is 6.10 Å². The second-order valence-electron chi connectivity index (χ2n) is 3.77. The molecule has 0 spiro atoms. The third kappa shape index (κ3) is 2.76. The quantitative estimate of drug-likeness (QED) is 0.570. The van der Waals surface area contributed by atoms with Crippen LogP contribution in [0.5, 0.6) is 0 Å². The minimum atomic E-state index is -0.589. The normalized spacial score (nSPS) is 12.4. The van der Waals surface area contributed by atoms with E-state index in [0.29, 0.717) is 16.5 Å². The van der Waals surface area contributed by atoms with Gasteiger partial charge in [-0.05, 0) is 19.1 Å². The minimum Gasteiger partial charge on any atom is -0.391 e. The number of hydrogen-bond acceptors (Lipinski definition) is 6. The molecule has 2 aromatic heterocycles. The zero-order valence-electron chi connectivity index (χ0n) is 9.58. The van der Waals surface area contributed by atoms with Gasteiger partial charge in [0.25, 0.3) is 5.95 Å². The van der Waals surface area contributed by atoms with Crippen LogP contribution in [-0.4, -0.2) is 36.2 Å². The SMILES string of the molecule is CC(O)Cn1nc(NO)nc1-c1ccnc(Cl)c1. The van der Waals surface area contributed by atoms with Gasteiger partial charge in [0.1, 0.15) is 5.15 Å². The van der Waals surface area contributed by atoms with E-state index in [-0.39, 0.29) is 12.5 Å². The van der Waals surface area contributed by atoms with Gasteiger partial charge in [0.2, 0.25) is 0 Å². The molecule has 0 saturated heterocycles. The number of rotatable bonds is 4. The largest absolute Gasteiger partial charge is 0.391 e. The molecule has 0 radical (unpaired) electrons. The number of anilines is 1. The lowest BCUT2D eigenvalue weighted by Crippen LogP contribution is -2.14. The first kappa shape index (κ1) is 12.7. The number of nitrogens with zero attached hydrogens (tertiary/aromatic N) is 4. The van der Waals surface area contributed by atoms with E-state index in [9.17, 15) is 5.11 Å². The molecule has 2 aromatic rings. The van der Waals surface area contributed by atoms with Gasteiger partial charge in [-0.3, -0.25) is 5.21 Å². The number of hydrogen-bond donors (Lipinski definition) is 3. The lowest BCUT2D eigenvalue weighted by molar-refractivity contribution is 0.169. The van der Waals surface area contributed by atoms with Crippen LogP contribution in [0.25, 0.3) is 11.4 Å². The molecule has 1 atom stereocenters. The first-order chi connectivity index (χ1) is 8.60. The van der Waals surface area contributed by atoms with Gasteiger partial charge in [-0.25, -0.2) is 15.1 Å². The summed E-state index contributed by atoms with van der Waals surface area (Å²) < 4.78 is 1.48. The fourth-order valence-corrected chi connectivity index (χ4v) is 1.70. The molecule has 0 aromatic carbocycles. The van der Waals surface area contributed by atoms with Crippen LogP contribution in [0.3, 0.4) is 0 Å². The Morgan fingerprint density at radius 2 is 2.33 bits per heavy atom. The Morgan fingerprint density at radius 3 is 2.94 bits per heavy atom. The van der Waals surface area contributed by atoms with Crippen molar-refractivity contribution in [2.24, 2.45) is 0 Å². The van der Waals surface area contributed by atoms with Crippen LogP contribution in [-0.2, 0) is 6.54 Å². The van der Waals surface area contributed by atoms with Crippen molar-refractivity contribution >= 4 is 17.5 Å². The number of pyridine rings is 1. The molecule has 7 nitrogen and oxygen atoms in total. The lowest BCUT2D eigenvalue weighted by atomic mass is 10.2. The maximum absolute atomic E-state index is 9.40. The van der Waals surface area contributed by atoms with Crippen LogP contribution in [0.2, 0.25) is 5.15 Å². The zero-order chi connectivity index (χ0) is 13.1. The monoisotopic (exact) mass is 269 g/mol. The minimum absolute atomic E-state index is 0.0542. The van der Waals surface area contributed by atoms with E-state index in [4.69, 9.17) is 16.8 Å². The number of aliphatic hydroxyl groups is 1. The zero-order valence-corrected chi connectivity index (χ0v) is 10.3. The summed E-state index contributed by atoms with van der Waals surface area (Å²) in [5, 5.41) is 22.6. The fraction of sp³-hybridized carbons (Fsp3) is 0.300. The van der Waals surface area contributed by atoms with Gasteiger partial charge in [0.15, 0.2) is 5.82 Å². The molecule has 0 fully saturated rings. The highest BCUT2D eigenvalue weighted by atomic mass is 35.5. The molecule has 0 bridgehead atoms. The molecule has 0 aliphatic carbocycles. The number of halogens is 1. The van der Waals surface area contributed by atoms with Crippen molar-refractivity contribution in [1.82, 2.24) is 19.7 Å². The summed E-state index contributed by atoms with van der Waals surface area (Å²) >= 11 is 5.81. The van der Waals surface area contributed by atoms with E-state index in [1.54, 1.807) is 25.3 Å². The predicted molar refractivity (Wildman–Crippen MR) is 65.4 cm³/mol. The molecule has 2 heterocycles. The van der Waals surface area contributed by atoms with Crippen LogP contribution < -0.4 is 5.48 Å². The molecule has 3 N–H and O–H groups in total. The maximum Gasteiger partial charge on any atom is 0.266 e. The Kier molecular flexibility index (Phi) is 3.75. The smallest absolute Gasteiger partial charge is 0.266 e. The van der Waals surface area contributed by atoms with Gasteiger partial charge in [-0.15, -0.1) is 5.10 Å². The van der Waals surface area contributed by atoms with Gasteiger partial charge in [0, 0.05) is 11.8 Å². The first-order valence-electron chi connectivity index (χ1n) is 5.25. The molecule has 1 unspecified atom stereocenters. The van der Waals surface area contributed by atoms with Gasteiger partial charge in [0.05, 0.1) is 12.6 Å². The number of aliphatic hydroxyl groups excluding tert-OH is 1. The van der Waals surface area contributed by atoms with Crippen molar-refractivity contribution in [2.75, 3.05) is 5.48 Å². The molecule has 2 rings (SSSR count). The summed E-state index contributed by atoms with van der Waals surface area (Å²) in [4.78, 5) is 7.96. The van der Waals surface area contributed by atoms with Crippen LogP contribution in [0.4, 0.5) is 5.95 Å². The van der Waals surface area contributed by atoms with Crippen molar-refractivity contribution < 1.29 is 10.3 Å². The van der Waals surface area contributed by atoms with E-state index in [1.165, 1.54) is 4.68 Å². The average molecular weight is 270 g/mol.